The topological polar surface area (TPSA) is 20.3 Å². The van der Waals surface area contributed by atoms with Crippen LogP contribution in [0.3, 0.4) is 0 Å². The highest BCUT2D eigenvalue weighted by Crippen LogP contribution is 2.37. The molecule has 0 N–H and O–H groups in total. The number of thiophene rings is 1. The van der Waals surface area contributed by atoms with E-state index >= 15 is 0 Å². The average Bonchev–Trinajstić information content (AvgIpc) is 2.85. The fourth-order valence-corrected chi connectivity index (χ4v) is 3.60. The van der Waals surface area contributed by atoms with Gasteiger partial charge >= 0.3 is 0 Å². The van der Waals surface area contributed by atoms with Gasteiger partial charge < -0.3 is 9.69 Å². The van der Waals surface area contributed by atoms with Gasteiger partial charge in [-0.3, -0.25) is 0 Å². The van der Waals surface area contributed by atoms with Gasteiger partial charge in [0.2, 0.25) is 0 Å². The maximum absolute atomic E-state index is 11.5. The Labute approximate surface area is 114 Å². The molecule has 0 saturated heterocycles. The second kappa shape index (κ2) is 5.98. The van der Waals surface area contributed by atoms with Crippen LogP contribution in [0.1, 0.15) is 38.2 Å². The van der Waals surface area contributed by atoms with E-state index in [1.54, 1.807) is 11.3 Å². The number of nitrogens with zero attached hydrogens (tertiary/aromatic N) is 1. The molecule has 1 heterocycles. The summed E-state index contributed by atoms with van der Waals surface area (Å²) in [4.78, 5) is 13.8. The van der Waals surface area contributed by atoms with E-state index in [2.05, 4.69) is 35.7 Å². The zero-order valence-electron chi connectivity index (χ0n) is 11.4. The quantitative estimate of drug-likeness (QED) is 0.759. The van der Waals surface area contributed by atoms with Crippen LogP contribution in [-0.2, 0) is 11.3 Å². The summed E-state index contributed by atoms with van der Waals surface area (Å²) in [6.07, 6.45) is 5.75. The Morgan fingerprint density at radius 3 is 2.78 bits per heavy atom. The maximum atomic E-state index is 11.5. The zero-order chi connectivity index (χ0) is 13.0. The summed E-state index contributed by atoms with van der Waals surface area (Å²) in [7, 11) is 2.13. The van der Waals surface area contributed by atoms with Gasteiger partial charge in [-0.25, -0.2) is 0 Å². The molecule has 0 radical (unpaired) electrons. The van der Waals surface area contributed by atoms with Crippen molar-refractivity contribution < 1.29 is 4.79 Å². The third kappa shape index (κ3) is 3.42. The Balaban J connectivity index is 1.91. The van der Waals surface area contributed by atoms with Gasteiger partial charge in [0.1, 0.15) is 6.29 Å². The van der Waals surface area contributed by atoms with Gasteiger partial charge in [-0.05, 0) is 61.0 Å². The molecule has 1 aliphatic rings. The summed E-state index contributed by atoms with van der Waals surface area (Å²) >= 11 is 1.74. The number of rotatable bonds is 5. The van der Waals surface area contributed by atoms with Gasteiger partial charge in [0.05, 0.1) is 0 Å². The predicted octanol–water partition coefficient (Wildman–Crippen LogP) is 3.58. The molecule has 2 rings (SSSR count). The molecule has 0 amide bonds. The summed E-state index contributed by atoms with van der Waals surface area (Å²) in [5.74, 6) is 0.792. The van der Waals surface area contributed by atoms with E-state index in [4.69, 9.17) is 0 Å². The number of hydrogen-bond donors (Lipinski definition) is 0. The summed E-state index contributed by atoms with van der Waals surface area (Å²) in [5.41, 5.74) is 1.27. The summed E-state index contributed by atoms with van der Waals surface area (Å²) in [6.45, 7) is 4.15. The first-order valence-electron chi connectivity index (χ1n) is 6.79. The van der Waals surface area contributed by atoms with Crippen LogP contribution in [0.15, 0.2) is 16.8 Å². The standard InChI is InChI=1S/C15H23NOS/c1-13-3-6-15(12-17,7-4-13)11-16(2)9-14-5-8-18-10-14/h5,8,10,12-13H,3-4,6-7,9,11H2,1-2H3. The van der Waals surface area contributed by atoms with Crippen LogP contribution in [0.4, 0.5) is 0 Å². The second-order valence-corrected chi connectivity index (χ2v) is 6.75. The molecule has 0 atom stereocenters. The fourth-order valence-electron chi connectivity index (χ4n) is 2.94. The van der Waals surface area contributed by atoms with Crippen molar-refractivity contribution in [2.75, 3.05) is 13.6 Å². The lowest BCUT2D eigenvalue weighted by molar-refractivity contribution is -0.119. The highest BCUT2D eigenvalue weighted by Gasteiger charge is 2.34. The third-order valence-corrected chi connectivity index (χ3v) is 4.87. The lowest BCUT2D eigenvalue weighted by Crippen LogP contribution is -2.39. The zero-order valence-corrected chi connectivity index (χ0v) is 12.2. The van der Waals surface area contributed by atoms with Crippen molar-refractivity contribution in [2.45, 2.75) is 39.2 Å². The van der Waals surface area contributed by atoms with Crippen molar-refractivity contribution in [1.29, 1.82) is 0 Å². The van der Waals surface area contributed by atoms with E-state index in [9.17, 15) is 4.79 Å². The molecular formula is C15H23NOS. The number of carbonyl (C=O) groups excluding carboxylic acids is 1. The minimum Gasteiger partial charge on any atom is -0.303 e. The van der Waals surface area contributed by atoms with E-state index in [-0.39, 0.29) is 5.41 Å². The van der Waals surface area contributed by atoms with Crippen LogP contribution in [-0.4, -0.2) is 24.8 Å². The van der Waals surface area contributed by atoms with Gasteiger partial charge in [-0.15, -0.1) is 0 Å². The molecule has 1 fully saturated rings. The van der Waals surface area contributed by atoms with E-state index in [0.29, 0.717) is 0 Å². The highest BCUT2D eigenvalue weighted by molar-refractivity contribution is 7.07. The molecule has 2 nitrogen and oxygen atoms in total. The highest BCUT2D eigenvalue weighted by atomic mass is 32.1. The third-order valence-electron chi connectivity index (χ3n) is 4.14. The Morgan fingerprint density at radius 1 is 1.50 bits per heavy atom. The van der Waals surface area contributed by atoms with Crippen LogP contribution in [0.25, 0.3) is 0 Å². The lowest BCUT2D eigenvalue weighted by Gasteiger charge is -2.37. The van der Waals surface area contributed by atoms with Crippen LogP contribution in [0.5, 0.6) is 0 Å². The Kier molecular flexibility index (Phi) is 4.57. The molecule has 0 bridgehead atoms. The maximum Gasteiger partial charge on any atom is 0.127 e. The van der Waals surface area contributed by atoms with Gasteiger partial charge in [-0.1, -0.05) is 6.92 Å². The Bertz CT molecular complexity index is 366. The molecule has 0 spiro atoms. The van der Waals surface area contributed by atoms with Crippen LogP contribution >= 0.6 is 11.3 Å². The second-order valence-electron chi connectivity index (χ2n) is 5.97. The molecule has 0 aliphatic heterocycles. The van der Waals surface area contributed by atoms with Crippen molar-refractivity contribution in [3.63, 3.8) is 0 Å². The Morgan fingerprint density at radius 2 is 2.22 bits per heavy atom. The van der Waals surface area contributed by atoms with E-state index < -0.39 is 0 Å². The molecule has 0 aromatic carbocycles. The Hall–Kier alpha value is -0.670. The minimum absolute atomic E-state index is 0.0860. The number of hydrogen-bond acceptors (Lipinski definition) is 3. The molecule has 3 heteroatoms. The molecule has 1 aliphatic carbocycles. The largest absolute Gasteiger partial charge is 0.303 e. The van der Waals surface area contributed by atoms with Crippen molar-refractivity contribution >= 4 is 17.6 Å². The first kappa shape index (κ1) is 13.8. The van der Waals surface area contributed by atoms with Crippen molar-refractivity contribution in [3.8, 4) is 0 Å². The average molecular weight is 265 g/mol. The summed E-state index contributed by atoms with van der Waals surface area (Å²) in [6, 6.07) is 2.16. The van der Waals surface area contributed by atoms with Gasteiger partial charge in [0.15, 0.2) is 0 Å². The van der Waals surface area contributed by atoms with Crippen LogP contribution in [0.2, 0.25) is 0 Å². The molecule has 0 unspecified atom stereocenters. The van der Waals surface area contributed by atoms with Crippen molar-refractivity contribution in [2.24, 2.45) is 11.3 Å². The minimum atomic E-state index is -0.0860. The van der Waals surface area contributed by atoms with E-state index in [1.807, 2.05) is 0 Å². The summed E-state index contributed by atoms with van der Waals surface area (Å²) < 4.78 is 0. The first-order valence-corrected chi connectivity index (χ1v) is 7.74. The lowest BCUT2D eigenvalue weighted by atomic mass is 9.71. The van der Waals surface area contributed by atoms with Crippen molar-refractivity contribution in [1.82, 2.24) is 4.90 Å². The number of aldehydes is 1. The molecule has 1 aromatic heterocycles. The smallest absolute Gasteiger partial charge is 0.127 e. The number of carbonyl (C=O) groups is 1. The van der Waals surface area contributed by atoms with Gasteiger partial charge in [0.25, 0.3) is 0 Å². The fraction of sp³-hybridized carbons (Fsp3) is 0.667. The first-order chi connectivity index (χ1) is 8.63. The van der Waals surface area contributed by atoms with E-state index in [1.165, 1.54) is 24.7 Å². The molecule has 1 saturated carbocycles. The van der Waals surface area contributed by atoms with E-state index in [0.717, 1.165) is 31.8 Å². The normalized spacial score (nSPS) is 28.5. The van der Waals surface area contributed by atoms with Gasteiger partial charge in [0, 0.05) is 18.5 Å². The SMILES string of the molecule is CC1CCC(C=O)(CN(C)Cc2ccsc2)CC1. The molecular weight excluding hydrogens is 242 g/mol. The molecule has 1 aromatic rings. The molecule has 18 heavy (non-hydrogen) atoms. The monoisotopic (exact) mass is 265 g/mol. The van der Waals surface area contributed by atoms with Gasteiger partial charge in [-0.2, -0.15) is 11.3 Å². The predicted molar refractivity (Wildman–Crippen MR) is 76.8 cm³/mol. The van der Waals surface area contributed by atoms with Crippen LogP contribution in [0, 0.1) is 11.3 Å². The molecule has 100 valence electrons. The summed E-state index contributed by atoms with van der Waals surface area (Å²) in [5, 5.41) is 4.30. The van der Waals surface area contributed by atoms with Crippen LogP contribution < -0.4 is 0 Å². The van der Waals surface area contributed by atoms with Crippen molar-refractivity contribution in [3.05, 3.63) is 22.4 Å².